The van der Waals surface area contributed by atoms with Crippen LogP contribution >= 0.6 is 11.6 Å². The van der Waals surface area contributed by atoms with E-state index in [1.807, 2.05) is 0 Å². The number of alkyl halides is 3. The summed E-state index contributed by atoms with van der Waals surface area (Å²) in [6, 6.07) is 4.75. The molecule has 6 heteroatoms. The van der Waals surface area contributed by atoms with Crippen molar-refractivity contribution in [2.45, 2.75) is 12.6 Å². The van der Waals surface area contributed by atoms with Gasteiger partial charge in [-0.2, -0.15) is 13.2 Å². The fourth-order valence-electron chi connectivity index (χ4n) is 1.58. The molecule has 0 fully saturated rings. The second kappa shape index (κ2) is 4.07. The Morgan fingerprint density at radius 1 is 1.35 bits per heavy atom. The van der Waals surface area contributed by atoms with Crippen LogP contribution in [0.5, 0.6) is 0 Å². The molecule has 0 aliphatic rings. The number of carbonyl (C=O) groups is 1. The molecule has 1 heterocycles. The van der Waals surface area contributed by atoms with Crippen LogP contribution in [0.4, 0.5) is 13.2 Å². The van der Waals surface area contributed by atoms with Crippen LogP contribution < -0.4 is 0 Å². The Balaban J connectivity index is 2.35. The second-order valence-electron chi connectivity index (χ2n) is 3.60. The van der Waals surface area contributed by atoms with Crippen LogP contribution in [0.1, 0.15) is 5.56 Å². The lowest BCUT2D eigenvalue weighted by molar-refractivity contribution is -0.170. The zero-order valence-electron chi connectivity index (χ0n) is 8.44. The van der Waals surface area contributed by atoms with E-state index in [0.29, 0.717) is 21.5 Å². The van der Waals surface area contributed by atoms with E-state index in [2.05, 4.69) is 4.98 Å². The van der Waals surface area contributed by atoms with E-state index >= 15 is 0 Å². The summed E-state index contributed by atoms with van der Waals surface area (Å²) in [4.78, 5) is 13.7. The summed E-state index contributed by atoms with van der Waals surface area (Å²) in [5.74, 6) is -1.76. The zero-order chi connectivity index (χ0) is 12.6. The molecule has 0 aliphatic carbocycles. The lowest BCUT2D eigenvalue weighted by atomic mass is 10.1. The van der Waals surface area contributed by atoms with Crippen LogP contribution in [0.2, 0.25) is 5.02 Å². The third kappa shape index (κ3) is 2.44. The standard InChI is InChI=1S/C11H7ClF3NO/c12-7-1-2-8-6(5-16-9(8)4-7)3-10(17)11(13,14)15/h1-2,4-5,16H,3H2. The van der Waals surface area contributed by atoms with Crippen molar-refractivity contribution in [1.82, 2.24) is 4.98 Å². The molecular weight excluding hydrogens is 255 g/mol. The fourth-order valence-corrected chi connectivity index (χ4v) is 1.75. The van der Waals surface area contributed by atoms with Crippen molar-refractivity contribution in [3.8, 4) is 0 Å². The Morgan fingerprint density at radius 2 is 2.06 bits per heavy atom. The lowest BCUT2D eigenvalue weighted by Gasteiger charge is -2.03. The minimum Gasteiger partial charge on any atom is -0.361 e. The molecule has 0 atom stereocenters. The van der Waals surface area contributed by atoms with Gasteiger partial charge in [-0.25, -0.2) is 0 Å². The van der Waals surface area contributed by atoms with Crippen LogP contribution in [-0.4, -0.2) is 16.9 Å². The van der Waals surface area contributed by atoms with Crippen LogP contribution in [0.3, 0.4) is 0 Å². The van der Waals surface area contributed by atoms with Gasteiger partial charge in [0.15, 0.2) is 0 Å². The smallest absolute Gasteiger partial charge is 0.361 e. The van der Waals surface area contributed by atoms with E-state index in [9.17, 15) is 18.0 Å². The third-order valence-corrected chi connectivity index (χ3v) is 2.63. The summed E-state index contributed by atoms with van der Waals surface area (Å²) >= 11 is 5.74. The Labute approximate surface area is 99.4 Å². The van der Waals surface area contributed by atoms with Gasteiger partial charge in [0.1, 0.15) is 0 Å². The van der Waals surface area contributed by atoms with Gasteiger partial charge in [0.25, 0.3) is 0 Å². The fraction of sp³-hybridized carbons (Fsp3) is 0.182. The van der Waals surface area contributed by atoms with Gasteiger partial charge in [-0.05, 0) is 17.7 Å². The van der Waals surface area contributed by atoms with Gasteiger partial charge >= 0.3 is 6.18 Å². The van der Waals surface area contributed by atoms with E-state index in [-0.39, 0.29) is 0 Å². The molecule has 17 heavy (non-hydrogen) atoms. The van der Waals surface area contributed by atoms with E-state index in [0.717, 1.165) is 0 Å². The van der Waals surface area contributed by atoms with Gasteiger partial charge in [0.05, 0.1) is 0 Å². The van der Waals surface area contributed by atoms with Crippen molar-refractivity contribution >= 4 is 28.3 Å². The summed E-state index contributed by atoms with van der Waals surface area (Å²) in [5, 5.41) is 1.06. The quantitative estimate of drug-likeness (QED) is 0.882. The van der Waals surface area contributed by atoms with Crippen molar-refractivity contribution < 1.29 is 18.0 Å². The van der Waals surface area contributed by atoms with Crippen LogP contribution in [-0.2, 0) is 11.2 Å². The molecule has 0 spiro atoms. The van der Waals surface area contributed by atoms with Crippen LogP contribution in [0, 0.1) is 0 Å². The highest BCUT2D eigenvalue weighted by Gasteiger charge is 2.38. The largest absolute Gasteiger partial charge is 0.450 e. The number of fused-ring (bicyclic) bond motifs is 1. The number of H-pyrrole nitrogens is 1. The molecule has 2 aromatic rings. The SMILES string of the molecule is O=C(Cc1c[nH]c2cc(Cl)ccc12)C(F)(F)F. The maximum atomic E-state index is 12.1. The number of hydrogen-bond acceptors (Lipinski definition) is 1. The number of ketones is 1. The zero-order valence-corrected chi connectivity index (χ0v) is 9.19. The summed E-state index contributed by atoms with van der Waals surface area (Å²) in [5.41, 5.74) is 0.932. The maximum absolute atomic E-state index is 12.1. The molecule has 1 aromatic carbocycles. The van der Waals surface area contributed by atoms with Crippen LogP contribution in [0.15, 0.2) is 24.4 Å². The van der Waals surface area contributed by atoms with Crippen molar-refractivity contribution in [3.63, 3.8) is 0 Å². The number of hydrogen-bond donors (Lipinski definition) is 1. The predicted molar refractivity (Wildman–Crippen MR) is 58.1 cm³/mol. The number of Topliss-reactive ketones (excluding diaryl/α,β-unsaturated/α-hetero) is 1. The summed E-state index contributed by atoms with van der Waals surface area (Å²) < 4.78 is 36.4. The maximum Gasteiger partial charge on any atom is 0.450 e. The van der Waals surface area contributed by atoms with Gasteiger partial charge in [0, 0.05) is 28.5 Å². The number of aromatic nitrogens is 1. The molecular formula is C11H7ClF3NO. The minimum absolute atomic E-state index is 0.319. The monoisotopic (exact) mass is 261 g/mol. The average Bonchev–Trinajstić information content (AvgIpc) is 2.59. The van der Waals surface area contributed by atoms with Gasteiger partial charge < -0.3 is 4.98 Å². The molecule has 0 saturated carbocycles. The number of carbonyl (C=O) groups excluding carboxylic acids is 1. The Morgan fingerprint density at radius 3 is 2.71 bits per heavy atom. The Hall–Kier alpha value is -1.49. The molecule has 0 unspecified atom stereocenters. The molecule has 90 valence electrons. The molecule has 1 aromatic heterocycles. The van der Waals surface area contributed by atoms with Gasteiger partial charge in [-0.1, -0.05) is 17.7 Å². The topological polar surface area (TPSA) is 32.9 Å². The van der Waals surface area contributed by atoms with Crippen molar-refractivity contribution in [3.05, 3.63) is 35.0 Å². The highest BCUT2D eigenvalue weighted by atomic mass is 35.5. The summed E-state index contributed by atoms with van der Waals surface area (Å²) in [6.45, 7) is 0. The van der Waals surface area contributed by atoms with Gasteiger partial charge in [-0.3, -0.25) is 4.79 Å². The van der Waals surface area contributed by atoms with Gasteiger partial charge in [0.2, 0.25) is 5.78 Å². The Bertz CT molecular complexity index is 574. The number of rotatable bonds is 2. The number of benzene rings is 1. The minimum atomic E-state index is -4.80. The summed E-state index contributed by atoms with van der Waals surface area (Å²) in [6.07, 6.45) is -4.06. The summed E-state index contributed by atoms with van der Waals surface area (Å²) in [7, 11) is 0. The third-order valence-electron chi connectivity index (χ3n) is 2.40. The molecule has 0 amide bonds. The average molecular weight is 262 g/mol. The number of nitrogens with one attached hydrogen (secondary N) is 1. The van der Waals surface area contributed by atoms with E-state index in [1.54, 1.807) is 18.2 Å². The van der Waals surface area contributed by atoms with Crippen molar-refractivity contribution in [2.75, 3.05) is 0 Å². The normalized spacial score (nSPS) is 12.0. The van der Waals surface area contributed by atoms with Crippen molar-refractivity contribution in [2.24, 2.45) is 0 Å². The first-order valence-corrected chi connectivity index (χ1v) is 5.11. The van der Waals surface area contributed by atoms with E-state index < -0.39 is 18.4 Å². The highest BCUT2D eigenvalue weighted by Crippen LogP contribution is 2.25. The molecule has 0 aliphatic heterocycles. The first kappa shape index (κ1) is 12.0. The number of aromatic amines is 1. The van der Waals surface area contributed by atoms with Crippen LogP contribution in [0.25, 0.3) is 10.9 Å². The van der Waals surface area contributed by atoms with Crippen molar-refractivity contribution in [1.29, 1.82) is 0 Å². The first-order chi connectivity index (χ1) is 7.88. The molecule has 1 N–H and O–H groups in total. The molecule has 0 saturated heterocycles. The first-order valence-electron chi connectivity index (χ1n) is 4.73. The Kier molecular flexibility index (Phi) is 2.87. The molecule has 0 bridgehead atoms. The van der Waals surface area contributed by atoms with E-state index in [1.165, 1.54) is 6.20 Å². The molecule has 0 radical (unpaired) electrons. The highest BCUT2D eigenvalue weighted by molar-refractivity contribution is 6.31. The predicted octanol–water partition coefficient (Wildman–Crippen LogP) is 3.50. The second-order valence-corrected chi connectivity index (χ2v) is 4.04. The molecule has 2 rings (SSSR count). The van der Waals surface area contributed by atoms with Gasteiger partial charge in [-0.15, -0.1) is 0 Å². The molecule has 2 nitrogen and oxygen atoms in total. The van der Waals surface area contributed by atoms with E-state index in [4.69, 9.17) is 11.6 Å². The lowest BCUT2D eigenvalue weighted by Crippen LogP contribution is -2.24. The number of halogens is 4.